The summed E-state index contributed by atoms with van der Waals surface area (Å²) in [5, 5.41) is 13.2. The molecule has 0 amide bonds. The van der Waals surface area contributed by atoms with Crippen molar-refractivity contribution in [1.82, 2.24) is 15.2 Å². The summed E-state index contributed by atoms with van der Waals surface area (Å²) < 4.78 is 1.31. The molecule has 0 saturated carbocycles. The molecular weight excluding hydrogens is 278 g/mol. The van der Waals surface area contributed by atoms with E-state index in [2.05, 4.69) is 23.5 Å². The van der Waals surface area contributed by atoms with Gasteiger partial charge in [0.2, 0.25) is 0 Å². The summed E-state index contributed by atoms with van der Waals surface area (Å²) in [5.74, 6) is 0.735. The highest BCUT2D eigenvalue weighted by molar-refractivity contribution is 5.46. The van der Waals surface area contributed by atoms with Gasteiger partial charge in [0.05, 0.1) is 6.54 Å². The lowest BCUT2D eigenvalue weighted by atomic mass is 10.3. The zero-order valence-corrected chi connectivity index (χ0v) is 12.6. The van der Waals surface area contributed by atoms with Gasteiger partial charge in [0.15, 0.2) is 18.1 Å². The predicted molar refractivity (Wildman–Crippen MR) is 85.5 cm³/mol. The summed E-state index contributed by atoms with van der Waals surface area (Å²) in [6.07, 6.45) is 11.8. The maximum absolute atomic E-state index is 10.0. The van der Waals surface area contributed by atoms with Crippen molar-refractivity contribution in [3.05, 3.63) is 74.3 Å². The van der Waals surface area contributed by atoms with Crippen LogP contribution in [0.4, 0.5) is 5.82 Å². The second kappa shape index (κ2) is 6.84. The van der Waals surface area contributed by atoms with Crippen LogP contribution in [0.25, 0.3) is 0 Å². The van der Waals surface area contributed by atoms with Gasteiger partial charge in [-0.05, 0) is 29.9 Å². The van der Waals surface area contributed by atoms with Crippen LogP contribution in [-0.4, -0.2) is 37.7 Å². The fourth-order valence-corrected chi connectivity index (χ4v) is 1.80. The smallest absolute Gasteiger partial charge is 0.332 e. The third-order valence-corrected chi connectivity index (χ3v) is 3.12. The van der Waals surface area contributed by atoms with Crippen LogP contribution in [0, 0.1) is 0 Å². The minimum atomic E-state index is -0.444. The Hall–Kier alpha value is -2.70. The summed E-state index contributed by atoms with van der Waals surface area (Å²) in [4.78, 5) is 6.39. The molecule has 0 saturated heterocycles. The first kappa shape index (κ1) is 15.7. The van der Waals surface area contributed by atoms with Crippen molar-refractivity contribution in [2.45, 2.75) is 6.54 Å². The summed E-state index contributed by atoms with van der Waals surface area (Å²) >= 11 is 0. The Labute approximate surface area is 130 Å². The van der Waals surface area contributed by atoms with Gasteiger partial charge in [-0.3, -0.25) is 0 Å². The quantitative estimate of drug-likeness (QED) is 0.599. The number of nitrogens with one attached hydrogen (secondary N) is 1. The maximum atomic E-state index is 10.0. The number of pyridine rings is 1. The van der Waals surface area contributed by atoms with E-state index in [1.54, 1.807) is 29.5 Å². The summed E-state index contributed by atoms with van der Waals surface area (Å²) in [7, 11) is 1.90. The molecule has 2 N–H and O–H groups in total. The molecule has 6 nitrogen and oxygen atoms in total. The van der Waals surface area contributed by atoms with Gasteiger partial charge in [0.25, 0.3) is 0 Å². The molecule has 2 rings (SSSR count). The van der Waals surface area contributed by atoms with Gasteiger partial charge in [-0.1, -0.05) is 11.2 Å². The molecule has 1 aromatic rings. The Morgan fingerprint density at radius 3 is 2.95 bits per heavy atom. The first-order chi connectivity index (χ1) is 10.6. The lowest BCUT2D eigenvalue weighted by molar-refractivity contribution is -0.943. The number of hydrogen-bond donors (Lipinski definition) is 2. The van der Waals surface area contributed by atoms with E-state index in [0.29, 0.717) is 6.54 Å². The largest absolute Gasteiger partial charge is 0.382 e. The van der Waals surface area contributed by atoms with Crippen LogP contribution in [0.15, 0.2) is 68.6 Å². The predicted octanol–water partition coefficient (Wildman–Crippen LogP) is 2.22. The van der Waals surface area contributed by atoms with Crippen molar-refractivity contribution < 1.29 is 14.4 Å². The van der Waals surface area contributed by atoms with Crippen LogP contribution in [0.1, 0.15) is 5.69 Å². The van der Waals surface area contributed by atoms with Gasteiger partial charge in [-0.15, -0.1) is 4.58 Å². The molecule has 1 unspecified atom stereocenters. The van der Waals surface area contributed by atoms with Gasteiger partial charge >= 0.3 is 12.2 Å². The average molecular weight is 299 g/mol. The molecule has 6 heteroatoms. The van der Waals surface area contributed by atoms with Crippen molar-refractivity contribution in [3.8, 4) is 0 Å². The van der Waals surface area contributed by atoms with Crippen molar-refractivity contribution >= 4 is 12.2 Å². The standard InChI is InChI=1S/C16H21N5O/c1-4-19(3)10-9-17-13-15-7-6-8-16(18-15)20-11-12-21(22,5-2)14-20/h4-12,14,17,22H,1-2,13H2,3H3/q+2. The molecule has 1 aliphatic heterocycles. The lowest BCUT2D eigenvalue weighted by Gasteiger charge is -2.07. The summed E-state index contributed by atoms with van der Waals surface area (Å²) in [6, 6.07) is 5.75. The molecule has 0 fully saturated rings. The van der Waals surface area contributed by atoms with E-state index >= 15 is 0 Å². The number of rotatable bonds is 7. The van der Waals surface area contributed by atoms with Crippen molar-refractivity contribution in [2.24, 2.45) is 0 Å². The zero-order valence-electron chi connectivity index (χ0n) is 12.6. The first-order valence-corrected chi connectivity index (χ1v) is 6.85. The van der Waals surface area contributed by atoms with Crippen molar-refractivity contribution in [2.75, 3.05) is 7.05 Å². The number of aromatic nitrogens is 1. The van der Waals surface area contributed by atoms with Crippen LogP contribution in [-0.2, 0) is 6.54 Å². The van der Waals surface area contributed by atoms with Gasteiger partial charge in [0, 0.05) is 25.5 Å². The Morgan fingerprint density at radius 2 is 2.27 bits per heavy atom. The molecule has 22 heavy (non-hydrogen) atoms. The monoisotopic (exact) mass is 299 g/mol. The molecule has 0 aliphatic carbocycles. The average Bonchev–Trinajstić information content (AvgIpc) is 2.95. The topological polar surface area (TPSA) is 51.4 Å². The molecule has 0 aromatic carbocycles. The van der Waals surface area contributed by atoms with E-state index < -0.39 is 4.65 Å². The van der Waals surface area contributed by atoms with Gasteiger partial charge < -0.3 is 10.2 Å². The number of hydrogen-bond acceptors (Lipinski definition) is 4. The second-order valence-corrected chi connectivity index (χ2v) is 4.83. The van der Waals surface area contributed by atoms with Gasteiger partial charge in [0.1, 0.15) is 6.20 Å². The highest BCUT2D eigenvalue weighted by atomic mass is 16.5. The highest BCUT2D eigenvalue weighted by Gasteiger charge is 2.28. The summed E-state index contributed by atoms with van der Waals surface area (Å²) in [6.45, 7) is 7.86. The molecule has 0 spiro atoms. The van der Waals surface area contributed by atoms with Crippen LogP contribution >= 0.6 is 0 Å². The van der Waals surface area contributed by atoms with E-state index in [1.165, 1.54) is 6.20 Å². The van der Waals surface area contributed by atoms with Crippen LogP contribution in [0.5, 0.6) is 0 Å². The molecule has 0 radical (unpaired) electrons. The van der Waals surface area contributed by atoms with Crippen LogP contribution in [0.2, 0.25) is 0 Å². The fourth-order valence-electron chi connectivity index (χ4n) is 1.80. The Kier molecular flexibility index (Phi) is 4.88. The lowest BCUT2D eigenvalue weighted by Crippen LogP contribution is -2.29. The Bertz CT molecular complexity index is 650. The Balaban J connectivity index is 2.04. The number of quaternary nitrogens is 1. The minimum absolute atomic E-state index is 0.444. The SMILES string of the molecule is C=CN(C)C=CNCc1cccc([N+]2=C[N+](O)(C=C)C=C2)n1. The van der Waals surface area contributed by atoms with Gasteiger partial charge in [-0.2, -0.15) is 5.21 Å². The van der Waals surface area contributed by atoms with E-state index in [0.717, 1.165) is 11.5 Å². The van der Waals surface area contributed by atoms with E-state index in [1.807, 2.05) is 42.5 Å². The molecule has 1 aromatic heterocycles. The first-order valence-electron chi connectivity index (χ1n) is 6.85. The van der Waals surface area contributed by atoms with Crippen molar-refractivity contribution in [3.63, 3.8) is 0 Å². The molecule has 1 aliphatic rings. The van der Waals surface area contributed by atoms with E-state index in [4.69, 9.17) is 0 Å². The van der Waals surface area contributed by atoms with E-state index in [9.17, 15) is 5.21 Å². The highest BCUT2D eigenvalue weighted by Crippen LogP contribution is 2.15. The number of hydroxylamine groups is 3. The second-order valence-electron chi connectivity index (χ2n) is 4.83. The van der Waals surface area contributed by atoms with E-state index in [-0.39, 0.29) is 0 Å². The maximum Gasteiger partial charge on any atom is 0.332 e. The Morgan fingerprint density at radius 1 is 1.45 bits per heavy atom. The third-order valence-electron chi connectivity index (χ3n) is 3.12. The van der Waals surface area contributed by atoms with Crippen LogP contribution < -0.4 is 5.32 Å². The summed E-state index contributed by atoms with van der Waals surface area (Å²) in [5.41, 5.74) is 0.895. The zero-order chi connectivity index (χ0) is 16.0. The minimum Gasteiger partial charge on any atom is -0.382 e. The molecule has 2 heterocycles. The molecule has 1 atom stereocenters. The number of nitrogens with zero attached hydrogens (tertiary/aromatic N) is 4. The van der Waals surface area contributed by atoms with Crippen LogP contribution in [0.3, 0.4) is 0 Å². The molecule has 114 valence electrons. The fraction of sp³-hybridized carbons (Fsp3) is 0.125. The van der Waals surface area contributed by atoms with Gasteiger partial charge in [-0.25, -0.2) is 0 Å². The van der Waals surface area contributed by atoms with Crippen molar-refractivity contribution in [1.29, 1.82) is 0 Å². The normalized spacial score (nSPS) is 20.0. The third kappa shape index (κ3) is 3.91. The molecular formula is C16H21N5O+2. The molecule has 0 bridgehead atoms.